The highest BCUT2D eigenvalue weighted by molar-refractivity contribution is 5.78. The molecule has 156 valence electrons. The Morgan fingerprint density at radius 2 is 1.58 bits per heavy atom. The van der Waals surface area contributed by atoms with Crippen LogP contribution in [0, 0.1) is 0 Å². The van der Waals surface area contributed by atoms with Crippen molar-refractivity contribution in [1.29, 1.82) is 0 Å². The summed E-state index contributed by atoms with van der Waals surface area (Å²) < 4.78 is 11.8. The molecule has 4 aromatic rings. The Labute approximate surface area is 180 Å². The Kier molecular flexibility index (Phi) is 6.43. The summed E-state index contributed by atoms with van der Waals surface area (Å²) in [6.45, 7) is 0.617. The number of rotatable bonds is 9. The van der Waals surface area contributed by atoms with Gasteiger partial charge in [0.15, 0.2) is 0 Å². The third-order valence-electron chi connectivity index (χ3n) is 4.99. The van der Waals surface area contributed by atoms with Crippen molar-refractivity contribution in [2.45, 2.75) is 18.9 Å². The molecule has 0 fully saturated rings. The first-order chi connectivity index (χ1) is 15.2. The van der Waals surface area contributed by atoms with E-state index in [2.05, 4.69) is 4.98 Å². The number of nitrogens with zero attached hydrogens (tertiary/aromatic N) is 1. The second-order valence-electron chi connectivity index (χ2n) is 7.28. The lowest BCUT2D eigenvalue weighted by Gasteiger charge is -2.17. The van der Waals surface area contributed by atoms with Crippen molar-refractivity contribution >= 4 is 16.9 Å². The maximum atomic E-state index is 11.3. The SMILES string of the molecule is O=C(O)CC(COc1cccc(OCc2ccc3ccccc3n2)c1)c1ccccc1. The van der Waals surface area contributed by atoms with Gasteiger partial charge in [0.1, 0.15) is 18.1 Å². The lowest BCUT2D eigenvalue weighted by Crippen LogP contribution is -2.14. The molecule has 5 heteroatoms. The molecule has 0 aliphatic heterocycles. The fourth-order valence-corrected chi connectivity index (χ4v) is 3.41. The maximum absolute atomic E-state index is 11.3. The molecule has 5 nitrogen and oxygen atoms in total. The molecule has 31 heavy (non-hydrogen) atoms. The minimum absolute atomic E-state index is 0.00777. The fraction of sp³-hybridized carbons (Fsp3) is 0.154. The van der Waals surface area contributed by atoms with Crippen LogP contribution >= 0.6 is 0 Å². The normalized spacial score (nSPS) is 11.7. The van der Waals surface area contributed by atoms with Crippen molar-refractivity contribution < 1.29 is 19.4 Å². The molecule has 1 unspecified atom stereocenters. The minimum Gasteiger partial charge on any atom is -0.493 e. The fourth-order valence-electron chi connectivity index (χ4n) is 3.41. The van der Waals surface area contributed by atoms with Gasteiger partial charge in [-0.3, -0.25) is 4.79 Å². The van der Waals surface area contributed by atoms with Gasteiger partial charge in [0.05, 0.1) is 24.2 Å². The summed E-state index contributed by atoms with van der Waals surface area (Å²) in [6, 6.07) is 28.9. The lowest BCUT2D eigenvalue weighted by molar-refractivity contribution is -0.137. The molecule has 0 bridgehead atoms. The van der Waals surface area contributed by atoms with Crippen LogP contribution in [0.5, 0.6) is 11.5 Å². The number of hydrogen-bond acceptors (Lipinski definition) is 4. The van der Waals surface area contributed by atoms with Crippen LogP contribution in [0.3, 0.4) is 0 Å². The zero-order valence-corrected chi connectivity index (χ0v) is 17.0. The first-order valence-corrected chi connectivity index (χ1v) is 10.1. The number of ether oxygens (including phenoxy) is 2. The average Bonchev–Trinajstić information content (AvgIpc) is 2.81. The van der Waals surface area contributed by atoms with E-state index in [1.807, 2.05) is 91.0 Å². The third-order valence-corrected chi connectivity index (χ3v) is 4.99. The zero-order chi connectivity index (χ0) is 21.5. The van der Waals surface area contributed by atoms with Crippen molar-refractivity contribution in [3.05, 3.63) is 102 Å². The molecule has 0 radical (unpaired) electrons. The summed E-state index contributed by atoms with van der Waals surface area (Å²) >= 11 is 0. The minimum atomic E-state index is -0.850. The highest BCUT2D eigenvalue weighted by atomic mass is 16.5. The third kappa shape index (κ3) is 5.60. The lowest BCUT2D eigenvalue weighted by atomic mass is 9.97. The molecule has 0 spiro atoms. The topological polar surface area (TPSA) is 68.7 Å². The summed E-state index contributed by atoms with van der Waals surface area (Å²) in [7, 11) is 0. The van der Waals surface area contributed by atoms with Crippen LogP contribution in [0.4, 0.5) is 0 Å². The number of para-hydroxylation sites is 1. The first kappa shape index (κ1) is 20.4. The van der Waals surface area contributed by atoms with E-state index in [4.69, 9.17) is 9.47 Å². The molecule has 0 amide bonds. The van der Waals surface area contributed by atoms with Crippen molar-refractivity contribution in [3.8, 4) is 11.5 Å². The van der Waals surface area contributed by atoms with Crippen molar-refractivity contribution in [2.24, 2.45) is 0 Å². The van der Waals surface area contributed by atoms with Gasteiger partial charge in [-0.2, -0.15) is 0 Å². The van der Waals surface area contributed by atoms with E-state index in [0.717, 1.165) is 22.2 Å². The standard InChI is InChI=1S/C26H23NO4/c28-26(29)15-21(19-7-2-1-3-8-19)17-30-23-10-6-11-24(16-23)31-18-22-14-13-20-9-4-5-12-25(20)27-22/h1-14,16,21H,15,17-18H2,(H,28,29). The van der Waals surface area contributed by atoms with Gasteiger partial charge in [0.2, 0.25) is 0 Å². The number of pyridine rings is 1. The van der Waals surface area contributed by atoms with Crippen molar-refractivity contribution in [2.75, 3.05) is 6.61 Å². The summed E-state index contributed by atoms with van der Waals surface area (Å²) in [5.41, 5.74) is 2.72. The van der Waals surface area contributed by atoms with E-state index in [-0.39, 0.29) is 18.9 Å². The average molecular weight is 413 g/mol. The molecule has 1 heterocycles. The van der Waals surface area contributed by atoms with Gasteiger partial charge >= 0.3 is 5.97 Å². The maximum Gasteiger partial charge on any atom is 0.304 e. The van der Waals surface area contributed by atoms with E-state index < -0.39 is 5.97 Å². The highest BCUT2D eigenvalue weighted by Gasteiger charge is 2.16. The largest absolute Gasteiger partial charge is 0.493 e. The van der Waals surface area contributed by atoms with Gasteiger partial charge in [0.25, 0.3) is 0 Å². The predicted molar refractivity (Wildman–Crippen MR) is 119 cm³/mol. The van der Waals surface area contributed by atoms with Gasteiger partial charge in [0, 0.05) is 17.4 Å². The highest BCUT2D eigenvalue weighted by Crippen LogP contribution is 2.25. The molecular formula is C26H23NO4. The first-order valence-electron chi connectivity index (χ1n) is 10.1. The summed E-state index contributed by atoms with van der Waals surface area (Å²) in [4.78, 5) is 15.9. The Bertz CT molecular complexity index is 1160. The van der Waals surface area contributed by atoms with Crippen LogP contribution in [0.1, 0.15) is 23.6 Å². The number of carboxylic acids is 1. The van der Waals surface area contributed by atoms with Crippen LogP contribution in [0.15, 0.2) is 91.0 Å². The number of carboxylic acid groups (broad SMARTS) is 1. The summed E-state index contributed by atoms with van der Waals surface area (Å²) in [5, 5.41) is 10.3. The van der Waals surface area contributed by atoms with Crippen LogP contribution in [0.2, 0.25) is 0 Å². The van der Waals surface area contributed by atoms with Gasteiger partial charge in [-0.15, -0.1) is 0 Å². The molecule has 1 atom stereocenters. The van der Waals surface area contributed by atoms with E-state index in [0.29, 0.717) is 18.1 Å². The molecule has 0 saturated carbocycles. The number of hydrogen-bond donors (Lipinski definition) is 1. The smallest absolute Gasteiger partial charge is 0.304 e. The van der Waals surface area contributed by atoms with Crippen LogP contribution in [0.25, 0.3) is 10.9 Å². The second-order valence-corrected chi connectivity index (χ2v) is 7.28. The number of aromatic nitrogens is 1. The molecule has 4 rings (SSSR count). The second kappa shape index (κ2) is 9.76. The number of carbonyl (C=O) groups is 1. The van der Waals surface area contributed by atoms with Crippen LogP contribution in [-0.2, 0) is 11.4 Å². The molecule has 0 saturated heterocycles. The number of aliphatic carboxylic acids is 1. The van der Waals surface area contributed by atoms with E-state index in [1.165, 1.54) is 0 Å². The summed E-state index contributed by atoms with van der Waals surface area (Å²) in [6.07, 6.45) is 0.00777. The van der Waals surface area contributed by atoms with Gasteiger partial charge < -0.3 is 14.6 Å². The zero-order valence-electron chi connectivity index (χ0n) is 17.0. The summed E-state index contributed by atoms with van der Waals surface area (Å²) in [5.74, 6) is 0.222. The van der Waals surface area contributed by atoms with Gasteiger partial charge in [-0.1, -0.05) is 60.7 Å². The van der Waals surface area contributed by atoms with Gasteiger partial charge in [-0.25, -0.2) is 4.98 Å². The molecule has 1 N–H and O–H groups in total. The van der Waals surface area contributed by atoms with E-state index in [9.17, 15) is 9.90 Å². The van der Waals surface area contributed by atoms with Crippen molar-refractivity contribution in [1.82, 2.24) is 4.98 Å². The Morgan fingerprint density at radius 3 is 2.39 bits per heavy atom. The van der Waals surface area contributed by atoms with Crippen LogP contribution in [-0.4, -0.2) is 22.7 Å². The molecular weight excluding hydrogens is 390 g/mol. The molecule has 0 aliphatic rings. The number of fused-ring (bicyclic) bond motifs is 1. The molecule has 3 aromatic carbocycles. The van der Waals surface area contributed by atoms with E-state index >= 15 is 0 Å². The Hall–Kier alpha value is -3.86. The number of benzene rings is 3. The molecule has 1 aromatic heterocycles. The predicted octanol–water partition coefficient (Wildman–Crippen LogP) is 5.45. The van der Waals surface area contributed by atoms with E-state index in [1.54, 1.807) is 0 Å². The van der Waals surface area contributed by atoms with Crippen molar-refractivity contribution in [3.63, 3.8) is 0 Å². The van der Waals surface area contributed by atoms with Crippen LogP contribution < -0.4 is 9.47 Å². The Balaban J connectivity index is 1.39. The molecule has 0 aliphatic carbocycles. The van der Waals surface area contributed by atoms with Gasteiger partial charge in [-0.05, 0) is 29.8 Å². The quantitative estimate of drug-likeness (QED) is 0.395. The monoisotopic (exact) mass is 413 g/mol. The Morgan fingerprint density at radius 1 is 0.839 bits per heavy atom.